The number of nitrogens with zero attached hydrogens (tertiary/aromatic N) is 1. The van der Waals surface area contributed by atoms with Gasteiger partial charge in [0.15, 0.2) is 0 Å². The highest BCUT2D eigenvalue weighted by atomic mass is 16.4. The van der Waals surface area contributed by atoms with Gasteiger partial charge in [-0.15, -0.1) is 0 Å². The van der Waals surface area contributed by atoms with Crippen LogP contribution in [0.4, 0.5) is 0 Å². The summed E-state index contributed by atoms with van der Waals surface area (Å²) in [6.07, 6.45) is 8.28. The van der Waals surface area contributed by atoms with Gasteiger partial charge < -0.3 is 15.7 Å². The number of amides is 1. The maximum absolute atomic E-state index is 12.5. The van der Waals surface area contributed by atoms with Crippen LogP contribution in [0.25, 0.3) is 0 Å². The molecule has 3 N–H and O–H groups in total. The number of nitrogens with two attached hydrogens (primary N) is 1. The van der Waals surface area contributed by atoms with E-state index in [0.29, 0.717) is 12.8 Å². The molecule has 1 amide bonds. The number of piperidine rings is 1. The fourth-order valence-corrected chi connectivity index (χ4v) is 3.58. The lowest BCUT2D eigenvalue weighted by molar-refractivity contribution is -0.140. The minimum atomic E-state index is -0.783. The Kier molecular flexibility index (Phi) is 5.02. The Hall–Kier alpha value is -1.10. The lowest BCUT2D eigenvalue weighted by atomic mass is 9.91. The molecule has 0 aromatic carbocycles. The smallest absolute Gasteiger partial charge is 0.303 e. The quantitative estimate of drug-likeness (QED) is 0.806. The summed E-state index contributed by atoms with van der Waals surface area (Å²) >= 11 is 0. The molecule has 0 spiro atoms. The first-order valence-electron chi connectivity index (χ1n) is 7.80. The second kappa shape index (κ2) is 6.57. The number of hydrogen-bond donors (Lipinski definition) is 2. The summed E-state index contributed by atoms with van der Waals surface area (Å²) < 4.78 is 0. The summed E-state index contributed by atoms with van der Waals surface area (Å²) in [6.45, 7) is 0.763. The Morgan fingerprint density at radius 2 is 1.90 bits per heavy atom. The molecule has 0 aromatic heterocycles. The first-order chi connectivity index (χ1) is 9.50. The molecule has 1 atom stereocenters. The molecule has 0 aromatic rings. The van der Waals surface area contributed by atoms with Gasteiger partial charge in [0.2, 0.25) is 5.91 Å². The Balaban J connectivity index is 1.92. The van der Waals surface area contributed by atoms with E-state index in [1.165, 1.54) is 0 Å². The van der Waals surface area contributed by atoms with Gasteiger partial charge >= 0.3 is 5.97 Å². The molecular formula is C15H26N2O3. The van der Waals surface area contributed by atoms with E-state index >= 15 is 0 Å². The van der Waals surface area contributed by atoms with Gasteiger partial charge in [-0.1, -0.05) is 12.8 Å². The third-order valence-electron chi connectivity index (χ3n) is 4.74. The molecule has 1 saturated carbocycles. The molecule has 1 aliphatic carbocycles. The average Bonchev–Trinajstić information content (AvgIpc) is 2.83. The van der Waals surface area contributed by atoms with Gasteiger partial charge in [0.25, 0.3) is 0 Å². The summed E-state index contributed by atoms with van der Waals surface area (Å²) in [5.41, 5.74) is 5.98. The third kappa shape index (κ3) is 3.95. The minimum absolute atomic E-state index is 0.0948. The van der Waals surface area contributed by atoms with Gasteiger partial charge in [-0.05, 0) is 38.5 Å². The zero-order valence-electron chi connectivity index (χ0n) is 12.1. The van der Waals surface area contributed by atoms with E-state index in [1.54, 1.807) is 0 Å². The van der Waals surface area contributed by atoms with Gasteiger partial charge in [0.1, 0.15) is 0 Å². The monoisotopic (exact) mass is 282 g/mol. The SMILES string of the molecule is NC1(CC(=O)N2CCCCC2CCC(=O)O)CCCC1. The topological polar surface area (TPSA) is 83.6 Å². The van der Waals surface area contributed by atoms with Crippen molar-refractivity contribution in [2.24, 2.45) is 5.73 Å². The van der Waals surface area contributed by atoms with Crippen molar-refractivity contribution in [3.63, 3.8) is 0 Å². The second-order valence-corrected chi connectivity index (χ2v) is 6.42. The third-order valence-corrected chi connectivity index (χ3v) is 4.74. The maximum atomic E-state index is 12.5. The van der Waals surface area contributed by atoms with Gasteiger partial charge in [-0.2, -0.15) is 0 Å². The molecule has 5 nitrogen and oxygen atoms in total. The lowest BCUT2D eigenvalue weighted by Gasteiger charge is -2.37. The Bertz CT molecular complexity index is 364. The molecule has 0 radical (unpaired) electrons. The molecule has 2 aliphatic rings. The molecule has 1 saturated heterocycles. The standard InChI is InChI=1S/C15H26N2O3/c16-15(8-2-3-9-15)11-13(18)17-10-4-1-5-12(17)6-7-14(19)20/h12H,1-11,16H2,(H,19,20). The van der Waals surface area contributed by atoms with Crippen LogP contribution in [-0.2, 0) is 9.59 Å². The molecule has 114 valence electrons. The van der Waals surface area contributed by atoms with Crippen molar-refractivity contribution in [1.82, 2.24) is 4.90 Å². The van der Waals surface area contributed by atoms with E-state index in [1.807, 2.05) is 4.90 Å². The van der Waals surface area contributed by atoms with Crippen molar-refractivity contribution in [3.8, 4) is 0 Å². The zero-order valence-corrected chi connectivity index (χ0v) is 12.1. The van der Waals surface area contributed by atoms with Gasteiger partial charge in [0.05, 0.1) is 0 Å². The van der Waals surface area contributed by atoms with Crippen LogP contribution in [0.2, 0.25) is 0 Å². The number of rotatable bonds is 5. The molecule has 1 unspecified atom stereocenters. The molecule has 2 rings (SSSR count). The van der Waals surface area contributed by atoms with Crippen molar-refractivity contribution in [1.29, 1.82) is 0 Å². The summed E-state index contributed by atoms with van der Waals surface area (Å²) in [6, 6.07) is 0.0948. The highest BCUT2D eigenvalue weighted by Crippen LogP contribution is 2.32. The molecule has 20 heavy (non-hydrogen) atoms. The maximum Gasteiger partial charge on any atom is 0.303 e. The van der Waals surface area contributed by atoms with Crippen molar-refractivity contribution >= 4 is 11.9 Å². The lowest BCUT2D eigenvalue weighted by Crippen LogP contribution is -2.49. The van der Waals surface area contributed by atoms with Crippen LogP contribution in [0.5, 0.6) is 0 Å². The van der Waals surface area contributed by atoms with E-state index in [-0.39, 0.29) is 23.9 Å². The van der Waals surface area contributed by atoms with E-state index in [0.717, 1.165) is 51.5 Å². The Labute approximate surface area is 120 Å². The fraction of sp³-hybridized carbons (Fsp3) is 0.867. The summed E-state index contributed by atoms with van der Waals surface area (Å²) in [5, 5.41) is 8.82. The van der Waals surface area contributed by atoms with Crippen molar-refractivity contribution in [2.45, 2.75) is 75.8 Å². The van der Waals surface area contributed by atoms with Crippen molar-refractivity contribution < 1.29 is 14.7 Å². The van der Waals surface area contributed by atoms with E-state index in [4.69, 9.17) is 10.8 Å². The number of likely N-dealkylation sites (tertiary alicyclic amines) is 1. The number of carbonyl (C=O) groups is 2. The summed E-state index contributed by atoms with van der Waals surface area (Å²) in [5.74, 6) is -0.654. The van der Waals surface area contributed by atoms with Gasteiger partial charge in [0, 0.05) is 31.0 Å². The number of hydrogen-bond acceptors (Lipinski definition) is 3. The van der Waals surface area contributed by atoms with E-state index < -0.39 is 5.97 Å². The first kappa shape index (κ1) is 15.3. The summed E-state index contributed by atoms with van der Waals surface area (Å²) in [7, 11) is 0. The van der Waals surface area contributed by atoms with Crippen LogP contribution >= 0.6 is 0 Å². The molecule has 5 heteroatoms. The van der Waals surface area contributed by atoms with Crippen molar-refractivity contribution in [2.75, 3.05) is 6.54 Å². The van der Waals surface area contributed by atoms with E-state index in [9.17, 15) is 9.59 Å². The first-order valence-corrected chi connectivity index (χ1v) is 7.80. The molecule has 2 fully saturated rings. The van der Waals surface area contributed by atoms with Crippen LogP contribution in [0, 0.1) is 0 Å². The molecule has 1 aliphatic heterocycles. The normalized spacial score (nSPS) is 25.6. The van der Waals surface area contributed by atoms with E-state index in [2.05, 4.69) is 0 Å². The van der Waals surface area contributed by atoms with Crippen LogP contribution in [-0.4, -0.2) is 40.0 Å². The zero-order chi connectivity index (χ0) is 14.6. The molecule has 1 heterocycles. The number of aliphatic carboxylic acids is 1. The van der Waals surface area contributed by atoms with Crippen molar-refractivity contribution in [3.05, 3.63) is 0 Å². The predicted molar refractivity (Wildman–Crippen MR) is 76.2 cm³/mol. The average molecular weight is 282 g/mol. The van der Waals surface area contributed by atoms with Crippen LogP contribution in [0.15, 0.2) is 0 Å². The highest BCUT2D eigenvalue weighted by Gasteiger charge is 2.35. The molecule has 0 bridgehead atoms. The largest absolute Gasteiger partial charge is 0.481 e. The van der Waals surface area contributed by atoms with Gasteiger partial charge in [-0.3, -0.25) is 9.59 Å². The minimum Gasteiger partial charge on any atom is -0.481 e. The second-order valence-electron chi connectivity index (χ2n) is 6.42. The highest BCUT2D eigenvalue weighted by molar-refractivity contribution is 5.78. The van der Waals surface area contributed by atoms with Crippen LogP contribution in [0.1, 0.15) is 64.2 Å². The fourth-order valence-electron chi connectivity index (χ4n) is 3.58. The summed E-state index contributed by atoms with van der Waals surface area (Å²) in [4.78, 5) is 25.1. The Morgan fingerprint density at radius 3 is 2.55 bits per heavy atom. The number of carboxylic acid groups (broad SMARTS) is 1. The molecular weight excluding hydrogens is 256 g/mol. The predicted octanol–water partition coefficient (Wildman–Crippen LogP) is 1.89. The van der Waals surface area contributed by atoms with Gasteiger partial charge in [-0.25, -0.2) is 0 Å². The number of carboxylic acids is 1. The van der Waals surface area contributed by atoms with Crippen LogP contribution < -0.4 is 5.73 Å². The van der Waals surface area contributed by atoms with Crippen LogP contribution in [0.3, 0.4) is 0 Å². The Morgan fingerprint density at radius 1 is 1.20 bits per heavy atom. The number of carbonyl (C=O) groups excluding carboxylic acids is 1.